The summed E-state index contributed by atoms with van der Waals surface area (Å²) in [6, 6.07) is 5.97. The number of benzene rings is 1. The van der Waals surface area contributed by atoms with E-state index >= 15 is 0 Å². The molecule has 1 aromatic heterocycles. The van der Waals surface area contributed by atoms with Crippen LogP contribution in [-0.2, 0) is 9.59 Å². The number of carbonyl (C=O) groups is 3. The van der Waals surface area contributed by atoms with E-state index in [0.717, 1.165) is 4.90 Å². The highest BCUT2D eigenvalue weighted by Crippen LogP contribution is 2.19. The fourth-order valence-corrected chi connectivity index (χ4v) is 2.31. The van der Waals surface area contributed by atoms with Gasteiger partial charge in [0.25, 0.3) is 5.91 Å². The standard InChI is InChI=1S/C17H19FN4O4/c1-10(17(25)26)22(8-7-19-11(2)23)16(24)15-9-14(20-21-15)12-3-5-13(18)6-4-12/h3-6,9-10H,7-8H2,1-2H3,(H,19,23)(H,20,21)(H,25,26). The highest BCUT2D eigenvalue weighted by Gasteiger charge is 2.27. The lowest BCUT2D eigenvalue weighted by atomic mass is 10.1. The zero-order valence-corrected chi connectivity index (χ0v) is 14.3. The molecule has 0 bridgehead atoms. The second kappa shape index (κ2) is 8.24. The van der Waals surface area contributed by atoms with E-state index in [-0.39, 0.29) is 30.5 Å². The van der Waals surface area contributed by atoms with Crippen LogP contribution in [0.2, 0.25) is 0 Å². The normalized spacial score (nSPS) is 11.7. The Morgan fingerprint density at radius 1 is 1.31 bits per heavy atom. The molecule has 0 aliphatic carbocycles. The van der Waals surface area contributed by atoms with Crippen LogP contribution in [0.5, 0.6) is 0 Å². The van der Waals surface area contributed by atoms with Crippen LogP contribution in [-0.4, -0.2) is 57.1 Å². The van der Waals surface area contributed by atoms with E-state index < -0.39 is 17.9 Å². The van der Waals surface area contributed by atoms with Crippen LogP contribution < -0.4 is 5.32 Å². The number of carboxylic acid groups (broad SMARTS) is 1. The lowest BCUT2D eigenvalue weighted by Crippen LogP contribution is -2.46. The molecule has 2 amide bonds. The molecule has 0 aliphatic heterocycles. The quantitative estimate of drug-likeness (QED) is 0.686. The number of hydrogen-bond donors (Lipinski definition) is 3. The fraction of sp³-hybridized carbons (Fsp3) is 0.294. The first-order valence-electron chi connectivity index (χ1n) is 7.89. The van der Waals surface area contributed by atoms with Gasteiger partial charge < -0.3 is 15.3 Å². The smallest absolute Gasteiger partial charge is 0.326 e. The van der Waals surface area contributed by atoms with Crippen LogP contribution in [0, 0.1) is 5.82 Å². The summed E-state index contributed by atoms with van der Waals surface area (Å²) in [6.45, 7) is 2.86. The molecule has 26 heavy (non-hydrogen) atoms. The fourth-order valence-electron chi connectivity index (χ4n) is 2.31. The second-order valence-corrected chi connectivity index (χ2v) is 5.67. The van der Waals surface area contributed by atoms with Gasteiger partial charge in [0.05, 0.1) is 5.69 Å². The minimum Gasteiger partial charge on any atom is -0.480 e. The number of nitrogens with zero attached hydrogens (tertiary/aromatic N) is 2. The molecular weight excluding hydrogens is 343 g/mol. The van der Waals surface area contributed by atoms with Gasteiger partial charge in [0.15, 0.2) is 0 Å². The van der Waals surface area contributed by atoms with Gasteiger partial charge in [0.2, 0.25) is 5.91 Å². The van der Waals surface area contributed by atoms with Gasteiger partial charge in [0, 0.05) is 25.6 Å². The first-order valence-corrected chi connectivity index (χ1v) is 7.89. The van der Waals surface area contributed by atoms with Crippen molar-refractivity contribution in [1.29, 1.82) is 0 Å². The second-order valence-electron chi connectivity index (χ2n) is 5.67. The molecule has 2 aromatic rings. The zero-order chi connectivity index (χ0) is 19.3. The number of carboxylic acids is 1. The van der Waals surface area contributed by atoms with E-state index in [0.29, 0.717) is 11.3 Å². The molecule has 9 heteroatoms. The number of halogens is 1. The number of H-pyrrole nitrogens is 1. The van der Waals surface area contributed by atoms with Crippen LogP contribution in [0.3, 0.4) is 0 Å². The monoisotopic (exact) mass is 362 g/mol. The molecule has 8 nitrogen and oxygen atoms in total. The van der Waals surface area contributed by atoms with Gasteiger partial charge in [-0.15, -0.1) is 0 Å². The Hall–Kier alpha value is -3.23. The molecule has 3 N–H and O–H groups in total. The highest BCUT2D eigenvalue weighted by atomic mass is 19.1. The minimum absolute atomic E-state index is 0.0246. The van der Waals surface area contributed by atoms with Crippen molar-refractivity contribution in [3.8, 4) is 11.3 Å². The lowest BCUT2D eigenvalue weighted by molar-refractivity contribution is -0.141. The number of aromatic amines is 1. The predicted molar refractivity (Wildman–Crippen MR) is 90.8 cm³/mol. The summed E-state index contributed by atoms with van der Waals surface area (Å²) in [7, 11) is 0. The van der Waals surface area contributed by atoms with Gasteiger partial charge in [-0.3, -0.25) is 14.7 Å². The topological polar surface area (TPSA) is 115 Å². The minimum atomic E-state index is -1.17. The average molecular weight is 362 g/mol. The third-order valence-corrected chi connectivity index (χ3v) is 3.76. The van der Waals surface area contributed by atoms with Gasteiger partial charge in [-0.25, -0.2) is 9.18 Å². The summed E-state index contributed by atoms with van der Waals surface area (Å²) in [4.78, 5) is 36.1. The van der Waals surface area contributed by atoms with Crippen molar-refractivity contribution in [3.63, 3.8) is 0 Å². The molecular formula is C17H19FN4O4. The van der Waals surface area contributed by atoms with Crippen molar-refractivity contribution < 1.29 is 23.9 Å². The largest absolute Gasteiger partial charge is 0.480 e. The van der Waals surface area contributed by atoms with Gasteiger partial charge in [-0.05, 0) is 37.3 Å². The van der Waals surface area contributed by atoms with Crippen molar-refractivity contribution in [3.05, 3.63) is 41.8 Å². The van der Waals surface area contributed by atoms with E-state index in [1.165, 1.54) is 44.2 Å². The van der Waals surface area contributed by atoms with Crippen molar-refractivity contribution in [2.45, 2.75) is 19.9 Å². The molecule has 0 saturated carbocycles. The van der Waals surface area contributed by atoms with Gasteiger partial charge >= 0.3 is 5.97 Å². The Labute approximate surface area is 149 Å². The molecule has 1 unspecified atom stereocenters. The average Bonchev–Trinajstić information content (AvgIpc) is 3.08. The number of carbonyl (C=O) groups excluding carboxylic acids is 2. The third kappa shape index (κ3) is 4.65. The van der Waals surface area contributed by atoms with E-state index in [4.69, 9.17) is 0 Å². The Morgan fingerprint density at radius 2 is 1.96 bits per heavy atom. The van der Waals surface area contributed by atoms with Gasteiger partial charge in [0.1, 0.15) is 17.6 Å². The summed E-state index contributed by atoms with van der Waals surface area (Å²) in [5.74, 6) is -2.40. The molecule has 1 aromatic carbocycles. The predicted octanol–water partition coefficient (Wildman–Crippen LogP) is 1.27. The Kier molecular flexibility index (Phi) is 6.05. The maximum atomic E-state index is 13.0. The molecule has 138 valence electrons. The van der Waals surface area contributed by atoms with Crippen molar-refractivity contribution in [2.24, 2.45) is 0 Å². The molecule has 0 saturated heterocycles. The molecule has 0 aliphatic rings. The van der Waals surface area contributed by atoms with Crippen LogP contribution in [0.25, 0.3) is 11.3 Å². The number of rotatable bonds is 7. The Bertz CT molecular complexity index is 803. The molecule has 0 fully saturated rings. The van der Waals surface area contributed by atoms with E-state index in [2.05, 4.69) is 15.5 Å². The zero-order valence-electron chi connectivity index (χ0n) is 14.3. The number of hydrogen-bond acceptors (Lipinski definition) is 4. The van der Waals surface area contributed by atoms with E-state index in [9.17, 15) is 23.9 Å². The molecule has 1 heterocycles. The molecule has 2 rings (SSSR count). The van der Waals surface area contributed by atoms with E-state index in [1.807, 2.05) is 0 Å². The number of aliphatic carboxylic acids is 1. The first-order chi connectivity index (χ1) is 12.3. The summed E-state index contributed by atoms with van der Waals surface area (Å²) >= 11 is 0. The maximum Gasteiger partial charge on any atom is 0.326 e. The maximum absolute atomic E-state index is 13.0. The highest BCUT2D eigenvalue weighted by molar-refractivity contribution is 5.95. The van der Waals surface area contributed by atoms with Crippen LogP contribution in [0.4, 0.5) is 4.39 Å². The van der Waals surface area contributed by atoms with Crippen LogP contribution >= 0.6 is 0 Å². The van der Waals surface area contributed by atoms with Crippen molar-refractivity contribution in [1.82, 2.24) is 20.4 Å². The Balaban J connectivity index is 2.20. The summed E-state index contributed by atoms with van der Waals surface area (Å²) in [5, 5.41) is 18.3. The number of amides is 2. The Morgan fingerprint density at radius 3 is 2.54 bits per heavy atom. The van der Waals surface area contributed by atoms with Crippen molar-refractivity contribution in [2.75, 3.05) is 13.1 Å². The summed E-state index contributed by atoms with van der Waals surface area (Å²) in [5.41, 5.74) is 1.14. The van der Waals surface area contributed by atoms with Crippen LogP contribution in [0.1, 0.15) is 24.3 Å². The summed E-state index contributed by atoms with van der Waals surface area (Å²) in [6.07, 6.45) is 0. The summed E-state index contributed by atoms with van der Waals surface area (Å²) < 4.78 is 13.0. The van der Waals surface area contributed by atoms with Gasteiger partial charge in [-0.1, -0.05) is 0 Å². The molecule has 0 spiro atoms. The first kappa shape index (κ1) is 19.1. The SMILES string of the molecule is CC(=O)NCCN(C(=O)c1cc(-c2ccc(F)cc2)n[nH]1)C(C)C(=O)O. The van der Waals surface area contributed by atoms with E-state index in [1.54, 1.807) is 0 Å². The van der Waals surface area contributed by atoms with Crippen molar-refractivity contribution >= 4 is 17.8 Å². The third-order valence-electron chi connectivity index (χ3n) is 3.76. The lowest BCUT2D eigenvalue weighted by Gasteiger charge is -2.26. The van der Waals surface area contributed by atoms with Crippen LogP contribution in [0.15, 0.2) is 30.3 Å². The molecule has 0 radical (unpaired) electrons. The molecule has 1 atom stereocenters. The number of aromatic nitrogens is 2. The van der Waals surface area contributed by atoms with Gasteiger partial charge in [-0.2, -0.15) is 5.10 Å². The number of nitrogens with one attached hydrogen (secondary N) is 2.